The number of aryl methyl sites for hydroxylation is 1. The van der Waals surface area contributed by atoms with Gasteiger partial charge in [-0.1, -0.05) is 48.0 Å². The summed E-state index contributed by atoms with van der Waals surface area (Å²) in [6, 6.07) is 20.8. The van der Waals surface area contributed by atoms with Gasteiger partial charge in [-0.2, -0.15) is 0 Å². The molecule has 0 aliphatic heterocycles. The van der Waals surface area contributed by atoms with E-state index in [9.17, 15) is 4.79 Å². The second-order valence-corrected chi connectivity index (χ2v) is 8.01. The number of halogens is 1. The van der Waals surface area contributed by atoms with E-state index < -0.39 is 0 Å². The molecule has 4 aromatic rings. The molecule has 7 heteroatoms. The van der Waals surface area contributed by atoms with Crippen LogP contribution in [0.25, 0.3) is 10.9 Å². The molecule has 0 atom stereocenters. The summed E-state index contributed by atoms with van der Waals surface area (Å²) in [6.07, 6.45) is 2.71. The number of rotatable bonds is 6. The molecule has 4 rings (SSSR count). The molecule has 168 valence electrons. The number of hydrogen-bond acceptors (Lipinski definition) is 3. The topological polar surface area (TPSA) is 78.5 Å². The molecule has 1 amide bonds. The fourth-order valence-electron chi connectivity index (χ4n) is 3.64. The van der Waals surface area contributed by atoms with Crippen molar-refractivity contribution in [3.63, 3.8) is 0 Å². The number of nitrogens with zero attached hydrogens (tertiary/aromatic N) is 1. The van der Waals surface area contributed by atoms with Gasteiger partial charge < -0.3 is 15.0 Å². The number of carbonyl (C=O) groups excluding carboxylic acids is 1. The maximum atomic E-state index is 13.0. The van der Waals surface area contributed by atoms with Crippen LogP contribution in [0.4, 0.5) is 5.69 Å². The highest BCUT2D eigenvalue weighted by atomic mass is 35.5. The van der Waals surface area contributed by atoms with Crippen LogP contribution in [0, 0.1) is 6.92 Å². The Hall–Kier alpha value is -3.77. The Kier molecular flexibility index (Phi) is 6.95. The van der Waals surface area contributed by atoms with Crippen LogP contribution in [-0.2, 0) is 6.42 Å². The lowest BCUT2D eigenvalue weighted by molar-refractivity contribution is 0.0976. The highest BCUT2D eigenvalue weighted by Crippen LogP contribution is 2.27. The van der Waals surface area contributed by atoms with Crippen LogP contribution >= 0.6 is 11.6 Å². The van der Waals surface area contributed by atoms with Gasteiger partial charge in [0.1, 0.15) is 5.75 Å². The first-order valence-corrected chi connectivity index (χ1v) is 11.0. The number of aromatic amines is 1. The van der Waals surface area contributed by atoms with E-state index in [0.717, 1.165) is 11.1 Å². The minimum Gasteiger partial charge on any atom is -0.495 e. The van der Waals surface area contributed by atoms with Crippen molar-refractivity contribution in [2.75, 3.05) is 19.0 Å². The number of aromatic nitrogens is 1. The first-order chi connectivity index (χ1) is 16.0. The second-order valence-electron chi connectivity index (χ2n) is 7.58. The number of para-hydroxylation sites is 1. The Morgan fingerprint density at radius 3 is 2.70 bits per heavy atom. The molecule has 0 unspecified atom stereocenters. The number of aliphatic imine (C=N–C) groups is 1. The molecule has 0 spiro atoms. The number of amides is 1. The van der Waals surface area contributed by atoms with Crippen LogP contribution in [-0.4, -0.2) is 30.5 Å². The molecule has 0 aliphatic rings. The zero-order valence-electron chi connectivity index (χ0n) is 18.5. The summed E-state index contributed by atoms with van der Waals surface area (Å²) < 4.78 is 5.43. The number of H-pyrrole nitrogens is 1. The molecular formula is C26H25ClN4O2. The third-order valence-electron chi connectivity index (χ3n) is 5.36. The van der Waals surface area contributed by atoms with Crippen LogP contribution in [0.5, 0.6) is 5.75 Å². The van der Waals surface area contributed by atoms with Crippen LogP contribution in [0.15, 0.2) is 77.9 Å². The van der Waals surface area contributed by atoms with Gasteiger partial charge in [0.2, 0.25) is 5.96 Å². The van der Waals surface area contributed by atoms with Gasteiger partial charge in [0.05, 0.1) is 12.8 Å². The standard InChI is InChI=1S/C26H25ClN4O2/c1-17-7-3-4-8-20(17)25(32)31-26(30-23-15-19(27)11-12-24(23)33-2)28-14-13-18-16-29-22-10-6-5-9-21(18)22/h3-12,15-16,29H,13-14H2,1-2H3,(H2,28,30,31,32). The highest BCUT2D eigenvalue weighted by molar-refractivity contribution is 6.31. The van der Waals surface area contributed by atoms with Gasteiger partial charge in [-0.25, -0.2) is 0 Å². The number of ether oxygens (including phenoxy) is 1. The van der Waals surface area contributed by atoms with Crippen molar-refractivity contribution in [1.29, 1.82) is 0 Å². The zero-order chi connectivity index (χ0) is 23.2. The first-order valence-electron chi connectivity index (χ1n) is 10.6. The van der Waals surface area contributed by atoms with Crippen molar-refractivity contribution in [1.82, 2.24) is 10.3 Å². The minimum atomic E-state index is -0.243. The lowest BCUT2D eigenvalue weighted by Gasteiger charge is -2.15. The van der Waals surface area contributed by atoms with Gasteiger partial charge >= 0.3 is 0 Å². The van der Waals surface area contributed by atoms with Crippen LogP contribution < -0.4 is 15.4 Å². The summed E-state index contributed by atoms with van der Waals surface area (Å²) >= 11 is 6.18. The Bertz CT molecular complexity index is 1310. The highest BCUT2D eigenvalue weighted by Gasteiger charge is 2.13. The van der Waals surface area contributed by atoms with Gasteiger partial charge in [0.25, 0.3) is 5.91 Å². The summed E-state index contributed by atoms with van der Waals surface area (Å²) in [4.78, 5) is 20.9. The van der Waals surface area contributed by atoms with E-state index in [1.807, 2.05) is 49.5 Å². The number of anilines is 1. The molecule has 0 radical (unpaired) electrons. The Labute approximate surface area is 197 Å². The van der Waals surface area contributed by atoms with E-state index in [2.05, 4.69) is 26.7 Å². The van der Waals surface area contributed by atoms with Gasteiger partial charge in [0.15, 0.2) is 0 Å². The fraction of sp³-hybridized carbons (Fsp3) is 0.154. The maximum Gasteiger partial charge on any atom is 0.258 e. The molecule has 1 aromatic heterocycles. The molecule has 1 heterocycles. The monoisotopic (exact) mass is 460 g/mol. The predicted molar refractivity (Wildman–Crippen MR) is 135 cm³/mol. The van der Waals surface area contributed by atoms with Crippen molar-refractivity contribution in [3.05, 3.63) is 94.6 Å². The summed E-state index contributed by atoms with van der Waals surface area (Å²) in [5.74, 6) is 0.671. The van der Waals surface area contributed by atoms with Crippen LogP contribution in [0.2, 0.25) is 5.02 Å². The molecule has 0 aliphatic carbocycles. The largest absolute Gasteiger partial charge is 0.495 e. The lowest BCUT2D eigenvalue weighted by Crippen LogP contribution is -2.36. The third-order valence-corrected chi connectivity index (χ3v) is 5.60. The van der Waals surface area contributed by atoms with Crippen molar-refractivity contribution < 1.29 is 9.53 Å². The minimum absolute atomic E-state index is 0.243. The summed E-state index contributed by atoms with van der Waals surface area (Å²) in [7, 11) is 1.58. The van der Waals surface area contributed by atoms with E-state index in [4.69, 9.17) is 16.3 Å². The van der Waals surface area contributed by atoms with E-state index >= 15 is 0 Å². The van der Waals surface area contributed by atoms with Crippen LogP contribution in [0.3, 0.4) is 0 Å². The third kappa shape index (κ3) is 5.35. The molecule has 0 fully saturated rings. The van der Waals surface area contributed by atoms with Crippen LogP contribution in [0.1, 0.15) is 21.5 Å². The number of benzene rings is 3. The molecule has 0 saturated carbocycles. The summed E-state index contributed by atoms with van der Waals surface area (Å²) in [5, 5.41) is 7.79. The fourth-order valence-corrected chi connectivity index (χ4v) is 3.82. The Balaban J connectivity index is 1.58. The smallest absolute Gasteiger partial charge is 0.258 e. The molecule has 0 saturated heterocycles. The number of carbonyl (C=O) groups is 1. The van der Waals surface area contributed by atoms with Gasteiger partial charge in [-0.05, 0) is 54.8 Å². The maximum absolute atomic E-state index is 13.0. The van der Waals surface area contributed by atoms with Crippen molar-refractivity contribution in [2.45, 2.75) is 13.3 Å². The summed E-state index contributed by atoms with van der Waals surface area (Å²) in [5.41, 5.74) is 4.33. The number of hydrogen-bond donors (Lipinski definition) is 3. The molecule has 6 nitrogen and oxygen atoms in total. The van der Waals surface area contributed by atoms with E-state index in [-0.39, 0.29) is 5.91 Å². The van der Waals surface area contributed by atoms with E-state index in [0.29, 0.717) is 40.9 Å². The average molecular weight is 461 g/mol. The lowest BCUT2D eigenvalue weighted by atomic mass is 10.1. The molecule has 0 bridgehead atoms. The second kappa shape index (κ2) is 10.2. The Morgan fingerprint density at radius 2 is 1.88 bits per heavy atom. The first kappa shape index (κ1) is 22.4. The quantitative estimate of drug-likeness (QED) is 0.259. The zero-order valence-corrected chi connectivity index (χ0v) is 19.2. The van der Waals surface area contributed by atoms with Crippen molar-refractivity contribution in [2.24, 2.45) is 4.99 Å². The van der Waals surface area contributed by atoms with Crippen molar-refractivity contribution in [3.8, 4) is 5.75 Å². The molecule has 3 aromatic carbocycles. The van der Waals surface area contributed by atoms with Gasteiger partial charge in [-0.3, -0.25) is 15.1 Å². The van der Waals surface area contributed by atoms with E-state index in [1.165, 1.54) is 10.9 Å². The number of methoxy groups -OCH3 is 1. The van der Waals surface area contributed by atoms with Gasteiger partial charge in [-0.15, -0.1) is 0 Å². The predicted octanol–water partition coefficient (Wildman–Crippen LogP) is 5.58. The molecular weight excluding hydrogens is 436 g/mol. The van der Waals surface area contributed by atoms with E-state index in [1.54, 1.807) is 31.4 Å². The number of nitrogens with one attached hydrogen (secondary N) is 3. The van der Waals surface area contributed by atoms with Crippen molar-refractivity contribution >= 4 is 40.1 Å². The Morgan fingerprint density at radius 1 is 1.09 bits per heavy atom. The normalized spacial score (nSPS) is 11.4. The molecule has 3 N–H and O–H groups in total. The number of fused-ring (bicyclic) bond motifs is 1. The molecule has 33 heavy (non-hydrogen) atoms. The SMILES string of the molecule is COc1ccc(Cl)cc1NC(=NCCc1c[nH]c2ccccc12)NC(=O)c1ccccc1C. The summed E-state index contributed by atoms with van der Waals surface area (Å²) in [6.45, 7) is 2.37. The average Bonchev–Trinajstić information content (AvgIpc) is 3.22. The number of guanidine groups is 1. The van der Waals surface area contributed by atoms with Gasteiger partial charge in [0, 0.05) is 34.2 Å².